The van der Waals surface area contributed by atoms with Crippen molar-refractivity contribution in [2.75, 3.05) is 18.4 Å². The second-order valence-electron chi connectivity index (χ2n) is 6.50. The van der Waals surface area contributed by atoms with Gasteiger partial charge >= 0.3 is 0 Å². The summed E-state index contributed by atoms with van der Waals surface area (Å²) in [4.78, 5) is 16.6. The number of rotatable bonds is 8. The predicted molar refractivity (Wildman–Crippen MR) is 120 cm³/mol. The molecular weight excluding hydrogens is 438 g/mol. The van der Waals surface area contributed by atoms with Crippen LogP contribution in [0.5, 0.6) is 11.5 Å². The Morgan fingerprint density at radius 1 is 1.06 bits per heavy atom. The maximum Gasteiger partial charge on any atom is 0.255 e. The number of pyridine rings is 1. The number of sulfonamides is 1. The summed E-state index contributed by atoms with van der Waals surface area (Å²) in [5.74, 6) is 0.757. The van der Waals surface area contributed by atoms with Crippen LogP contribution in [0.15, 0.2) is 71.9 Å². The number of benzene rings is 2. The van der Waals surface area contributed by atoms with Crippen LogP contribution in [0.4, 0.5) is 5.69 Å². The number of halogens is 1. The smallest absolute Gasteiger partial charge is 0.255 e. The van der Waals surface area contributed by atoms with Crippen molar-refractivity contribution < 1.29 is 17.9 Å². The van der Waals surface area contributed by atoms with Crippen molar-refractivity contribution >= 4 is 33.2 Å². The van der Waals surface area contributed by atoms with E-state index in [1.165, 1.54) is 16.4 Å². The lowest BCUT2D eigenvalue weighted by Crippen LogP contribution is -2.30. The average Bonchev–Trinajstić information content (AvgIpc) is 2.77. The van der Waals surface area contributed by atoms with Crippen molar-refractivity contribution in [2.24, 2.45) is 0 Å². The van der Waals surface area contributed by atoms with Crippen LogP contribution in [0.2, 0.25) is 5.02 Å². The van der Waals surface area contributed by atoms with Crippen LogP contribution in [-0.4, -0.2) is 36.7 Å². The Bertz CT molecular complexity index is 1150. The molecule has 3 rings (SSSR count). The highest BCUT2D eigenvalue weighted by Gasteiger charge is 2.25. The first-order chi connectivity index (χ1) is 14.8. The molecule has 0 saturated carbocycles. The van der Waals surface area contributed by atoms with Crippen molar-refractivity contribution in [2.45, 2.75) is 18.7 Å². The molecule has 2 aromatic carbocycles. The third-order valence-corrected chi connectivity index (χ3v) is 7.03. The minimum Gasteiger partial charge on any atom is -0.456 e. The lowest BCUT2D eigenvalue weighted by molar-refractivity contribution is 0.102. The minimum absolute atomic E-state index is 0.0455. The Labute approximate surface area is 186 Å². The summed E-state index contributed by atoms with van der Waals surface area (Å²) >= 11 is 6.14. The number of nitrogens with zero attached hydrogens (tertiary/aromatic N) is 2. The Morgan fingerprint density at radius 3 is 2.39 bits per heavy atom. The molecule has 0 aliphatic rings. The van der Waals surface area contributed by atoms with E-state index >= 15 is 0 Å². The van der Waals surface area contributed by atoms with Gasteiger partial charge in [-0.1, -0.05) is 25.4 Å². The average molecular weight is 460 g/mol. The molecule has 1 N–H and O–H groups in total. The van der Waals surface area contributed by atoms with Gasteiger partial charge in [0.25, 0.3) is 5.91 Å². The van der Waals surface area contributed by atoms with Crippen molar-refractivity contribution in [1.29, 1.82) is 0 Å². The quantitative estimate of drug-likeness (QED) is 0.522. The van der Waals surface area contributed by atoms with Crippen LogP contribution in [0.1, 0.15) is 24.2 Å². The van der Waals surface area contributed by atoms with Crippen molar-refractivity contribution in [3.05, 3.63) is 77.6 Å². The van der Waals surface area contributed by atoms with E-state index in [0.29, 0.717) is 35.8 Å². The molecule has 0 bridgehead atoms. The van der Waals surface area contributed by atoms with E-state index in [-0.39, 0.29) is 15.8 Å². The summed E-state index contributed by atoms with van der Waals surface area (Å²) in [6, 6.07) is 14.5. The number of carbonyl (C=O) groups is 1. The molecular formula is C22H22ClN3O4S. The molecule has 0 aliphatic carbocycles. The van der Waals surface area contributed by atoms with Gasteiger partial charge in [0.15, 0.2) is 0 Å². The van der Waals surface area contributed by atoms with Crippen LogP contribution in [0.25, 0.3) is 0 Å². The standard InChI is InChI=1S/C22H22ClN3O4S/c1-3-26(4-2)31(28,29)21-14-17(9-12-20(21)23)25-22(27)16-7-10-18(11-8-16)30-19-6-5-13-24-15-19/h5-15H,3-4H2,1-2H3,(H,25,27). The van der Waals surface area contributed by atoms with E-state index in [9.17, 15) is 13.2 Å². The first kappa shape index (κ1) is 22.7. The van der Waals surface area contributed by atoms with Crippen LogP contribution >= 0.6 is 11.6 Å². The number of aromatic nitrogens is 1. The van der Waals surface area contributed by atoms with E-state index in [4.69, 9.17) is 16.3 Å². The number of amides is 1. The number of hydrogen-bond acceptors (Lipinski definition) is 5. The van der Waals surface area contributed by atoms with Gasteiger partial charge in [0, 0.05) is 30.5 Å². The van der Waals surface area contributed by atoms with Gasteiger partial charge in [-0.25, -0.2) is 8.42 Å². The van der Waals surface area contributed by atoms with Crippen molar-refractivity contribution in [3.63, 3.8) is 0 Å². The summed E-state index contributed by atoms with van der Waals surface area (Å²) in [7, 11) is -3.76. The summed E-state index contributed by atoms with van der Waals surface area (Å²) in [5, 5.41) is 2.81. The lowest BCUT2D eigenvalue weighted by atomic mass is 10.2. The zero-order valence-corrected chi connectivity index (χ0v) is 18.7. The van der Waals surface area contributed by atoms with E-state index in [1.54, 1.807) is 68.7 Å². The minimum atomic E-state index is -3.76. The fourth-order valence-electron chi connectivity index (χ4n) is 2.90. The molecule has 3 aromatic rings. The molecule has 7 nitrogen and oxygen atoms in total. The molecule has 0 atom stereocenters. The molecule has 0 spiro atoms. The second kappa shape index (κ2) is 9.91. The van der Waals surface area contributed by atoms with Gasteiger partial charge in [-0.15, -0.1) is 0 Å². The highest BCUT2D eigenvalue weighted by Crippen LogP contribution is 2.28. The van der Waals surface area contributed by atoms with Gasteiger partial charge < -0.3 is 10.1 Å². The lowest BCUT2D eigenvalue weighted by Gasteiger charge is -2.19. The van der Waals surface area contributed by atoms with Gasteiger partial charge in [0.05, 0.1) is 11.2 Å². The monoisotopic (exact) mass is 459 g/mol. The summed E-state index contributed by atoms with van der Waals surface area (Å²) in [6.07, 6.45) is 3.24. The maximum absolute atomic E-state index is 12.8. The Balaban J connectivity index is 1.76. The highest BCUT2D eigenvalue weighted by atomic mass is 35.5. The first-order valence-electron chi connectivity index (χ1n) is 9.64. The number of hydrogen-bond donors (Lipinski definition) is 1. The van der Waals surface area contributed by atoms with Crippen LogP contribution < -0.4 is 10.1 Å². The topological polar surface area (TPSA) is 88.6 Å². The molecule has 31 heavy (non-hydrogen) atoms. The molecule has 0 aliphatic heterocycles. The van der Waals surface area contributed by atoms with Crippen molar-refractivity contribution in [3.8, 4) is 11.5 Å². The molecule has 162 valence electrons. The Morgan fingerprint density at radius 2 is 1.77 bits per heavy atom. The van der Waals surface area contributed by atoms with Crippen LogP contribution in [0.3, 0.4) is 0 Å². The van der Waals surface area contributed by atoms with Gasteiger partial charge in [0.1, 0.15) is 16.4 Å². The Kier molecular flexibility index (Phi) is 7.27. The first-order valence-corrected chi connectivity index (χ1v) is 11.5. The van der Waals surface area contributed by atoms with Gasteiger partial charge in [-0.2, -0.15) is 4.31 Å². The highest BCUT2D eigenvalue weighted by molar-refractivity contribution is 7.89. The molecule has 1 heterocycles. The third-order valence-electron chi connectivity index (χ3n) is 4.50. The van der Waals surface area contributed by atoms with E-state index in [2.05, 4.69) is 10.3 Å². The summed E-state index contributed by atoms with van der Waals surface area (Å²) < 4.78 is 32.6. The summed E-state index contributed by atoms with van der Waals surface area (Å²) in [5.41, 5.74) is 0.720. The van der Waals surface area contributed by atoms with Gasteiger partial charge in [-0.05, 0) is 54.6 Å². The third kappa shape index (κ3) is 5.41. The number of anilines is 1. The van der Waals surface area contributed by atoms with Crippen LogP contribution in [0, 0.1) is 0 Å². The Hall–Kier alpha value is -2.94. The molecule has 1 aromatic heterocycles. The SMILES string of the molecule is CCN(CC)S(=O)(=O)c1cc(NC(=O)c2ccc(Oc3cccnc3)cc2)ccc1Cl. The van der Waals surface area contributed by atoms with Gasteiger partial charge in [0.2, 0.25) is 10.0 Å². The zero-order valence-electron chi connectivity index (χ0n) is 17.1. The van der Waals surface area contributed by atoms with E-state index in [1.807, 2.05) is 0 Å². The van der Waals surface area contributed by atoms with Crippen LogP contribution in [-0.2, 0) is 10.0 Å². The predicted octanol–water partition coefficient (Wildman–Crippen LogP) is 4.81. The number of ether oxygens (including phenoxy) is 1. The fraction of sp³-hybridized carbons (Fsp3) is 0.182. The largest absolute Gasteiger partial charge is 0.456 e. The number of carbonyl (C=O) groups excluding carboxylic acids is 1. The fourth-order valence-corrected chi connectivity index (χ4v) is 4.86. The second-order valence-corrected chi connectivity index (χ2v) is 8.82. The molecule has 9 heteroatoms. The molecule has 0 radical (unpaired) electrons. The number of nitrogens with one attached hydrogen (secondary N) is 1. The molecule has 0 saturated heterocycles. The van der Waals surface area contributed by atoms with Crippen molar-refractivity contribution in [1.82, 2.24) is 9.29 Å². The van der Waals surface area contributed by atoms with Gasteiger partial charge in [-0.3, -0.25) is 9.78 Å². The summed E-state index contributed by atoms with van der Waals surface area (Å²) in [6.45, 7) is 4.14. The van der Waals surface area contributed by atoms with E-state index < -0.39 is 10.0 Å². The molecule has 0 fully saturated rings. The maximum atomic E-state index is 12.8. The van der Waals surface area contributed by atoms with E-state index in [0.717, 1.165) is 0 Å². The molecule has 1 amide bonds. The molecule has 0 unspecified atom stereocenters. The normalized spacial score (nSPS) is 11.4. The zero-order chi connectivity index (χ0) is 22.4.